The van der Waals surface area contributed by atoms with Crippen LogP contribution in [0.2, 0.25) is 0 Å². The van der Waals surface area contributed by atoms with Gasteiger partial charge in [-0.25, -0.2) is 8.42 Å². The van der Waals surface area contributed by atoms with Gasteiger partial charge in [-0.3, -0.25) is 0 Å². The number of hydrogen-bond donors (Lipinski definition) is 0. The molecule has 1 saturated heterocycles. The molecule has 0 atom stereocenters. The first-order valence-corrected chi connectivity index (χ1v) is 7.83. The van der Waals surface area contributed by atoms with Crippen molar-refractivity contribution in [2.24, 2.45) is 7.05 Å². The summed E-state index contributed by atoms with van der Waals surface area (Å²) in [6.07, 6.45) is 1.67. The molecule has 1 aliphatic heterocycles. The largest absolute Gasteiger partial charge is 0.303 e. The topological polar surface area (TPSA) is 84.2 Å². The van der Waals surface area contributed by atoms with Crippen molar-refractivity contribution in [3.05, 3.63) is 0 Å². The van der Waals surface area contributed by atoms with E-state index in [0.29, 0.717) is 0 Å². The van der Waals surface area contributed by atoms with Crippen LogP contribution in [0, 0.1) is 0 Å². The number of piperidine rings is 1. The van der Waals surface area contributed by atoms with Gasteiger partial charge >= 0.3 is 5.16 Å². The summed E-state index contributed by atoms with van der Waals surface area (Å²) in [4.78, 5) is 3.47. The molecule has 0 aromatic carbocycles. The quantitative estimate of drug-likeness (QED) is 0.729. The highest BCUT2D eigenvalue weighted by Gasteiger charge is 2.33. The molecule has 0 radical (unpaired) electrons. The van der Waals surface area contributed by atoms with Gasteiger partial charge < -0.3 is 4.90 Å². The lowest BCUT2D eigenvalue weighted by molar-refractivity contribution is 0.176. The molecule has 0 N–H and O–H groups in total. The van der Waals surface area contributed by atoms with Crippen LogP contribution >= 0.6 is 0 Å². The van der Waals surface area contributed by atoms with Gasteiger partial charge in [0.1, 0.15) is 0 Å². The molecule has 2 heterocycles. The standard InChI is InChI=1S/C10H20N6O2S/c1-4-16-7-5-9(6-8-16)14(2)19(17,18)10-11-13-15(3)12-10/h9H,4-8H2,1-3H3. The van der Waals surface area contributed by atoms with Crippen molar-refractivity contribution in [1.29, 1.82) is 0 Å². The Hall–Kier alpha value is -1.06. The Morgan fingerprint density at radius 3 is 2.47 bits per heavy atom. The maximum absolute atomic E-state index is 12.3. The Balaban J connectivity index is 2.09. The molecule has 2 rings (SSSR count). The van der Waals surface area contributed by atoms with E-state index in [-0.39, 0.29) is 11.2 Å². The molecule has 0 amide bonds. The Morgan fingerprint density at radius 1 is 1.37 bits per heavy atom. The molecule has 108 valence electrons. The van der Waals surface area contributed by atoms with Crippen LogP contribution in [0.4, 0.5) is 0 Å². The molecule has 19 heavy (non-hydrogen) atoms. The van der Waals surface area contributed by atoms with Gasteiger partial charge in [-0.1, -0.05) is 12.0 Å². The lowest BCUT2D eigenvalue weighted by Crippen LogP contribution is -2.45. The lowest BCUT2D eigenvalue weighted by atomic mass is 10.1. The zero-order chi connectivity index (χ0) is 14.0. The Morgan fingerprint density at radius 2 is 2.00 bits per heavy atom. The van der Waals surface area contributed by atoms with Crippen molar-refractivity contribution in [1.82, 2.24) is 29.4 Å². The SMILES string of the molecule is CCN1CCC(N(C)S(=O)(=O)c2nnn(C)n2)CC1. The molecule has 1 aromatic rings. The highest BCUT2D eigenvalue weighted by atomic mass is 32.2. The third-order valence-corrected chi connectivity index (χ3v) is 5.30. The monoisotopic (exact) mass is 288 g/mol. The molecule has 8 nitrogen and oxygen atoms in total. The van der Waals surface area contributed by atoms with E-state index in [1.165, 1.54) is 4.31 Å². The average Bonchev–Trinajstić information content (AvgIpc) is 2.85. The molecule has 9 heteroatoms. The number of hydrogen-bond acceptors (Lipinski definition) is 6. The molecule has 1 aromatic heterocycles. The number of nitrogens with zero attached hydrogens (tertiary/aromatic N) is 6. The zero-order valence-corrected chi connectivity index (χ0v) is 12.3. The fourth-order valence-electron chi connectivity index (χ4n) is 2.29. The maximum atomic E-state index is 12.3. The van der Waals surface area contributed by atoms with E-state index >= 15 is 0 Å². The van der Waals surface area contributed by atoms with Gasteiger partial charge in [-0.05, 0) is 37.7 Å². The fraction of sp³-hybridized carbons (Fsp3) is 0.900. The van der Waals surface area contributed by atoms with Gasteiger partial charge in [-0.2, -0.15) is 9.10 Å². The second-order valence-corrected chi connectivity index (χ2v) is 6.64. The number of sulfonamides is 1. The van der Waals surface area contributed by atoms with E-state index in [9.17, 15) is 8.42 Å². The van der Waals surface area contributed by atoms with E-state index in [1.807, 2.05) is 0 Å². The summed E-state index contributed by atoms with van der Waals surface area (Å²) in [6.45, 7) is 4.98. The summed E-state index contributed by atoms with van der Waals surface area (Å²) in [5.41, 5.74) is 0. The van der Waals surface area contributed by atoms with Gasteiger partial charge in [0.05, 0.1) is 7.05 Å². The lowest BCUT2D eigenvalue weighted by Gasteiger charge is -2.34. The van der Waals surface area contributed by atoms with Gasteiger partial charge in [-0.15, -0.1) is 5.10 Å². The van der Waals surface area contributed by atoms with Crippen molar-refractivity contribution in [2.75, 3.05) is 26.7 Å². The molecule has 1 aliphatic rings. The van der Waals surface area contributed by atoms with Crippen LogP contribution in [-0.2, 0) is 17.1 Å². The highest BCUT2D eigenvalue weighted by Crippen LogP contribution is 2.20. The Labute approximate surface area is 113 Å². The van der Waals surface area contributed by atoms with E-state index in [1.54, 1.807) is 14.1 Å². The number of likely N-dealkylation sites (tertiary alicyclic amines) is 1. The summed E-state index contributed by atoms with van der Waals surface area (Å²) in [7, 11) is -0.490. The van der Waals surface area contributed by atoms with Crippen LogP contribution in [0.3, 0.4) is 0 Å². The van der Waals surface area contributed by atoms with E-state index < -0.39 is 10.0 Å². The Bertz CT molecular complexity index is 520. The Kier molecular flexibility index (Phi) is 4.16. The normalized spacial score (nSPS) is 19.2. The molecular formula is C10H20N6O2S. The third kappa shape index (κ3) is 2.93. The predicted octanol–water partition coefficient (Wildman–Crippen LogP) is -0.685. The van der Waals surface area contributed by atoms with Crippen LogP contribution < -0.4 is 0 Å². The first-order valence-electron chi connectivity index (χ1n) is 6.39. The third-order valence-electron chi connectivity index (χ3n) is 3.62. The van der Waals surface area contributed by atoms with E-state index in [0.717, 1.165) is 37.3 Å². The minimum atomic E-state index is -3.63. The second kappa shape index (κ2) is 5.51. The molecular weight excluding hydrogens is 268 g/mol. The first kappa shape index (κ1) is 14.4. The number of aryl methyl sites for hydroxylation is 1. The summed E-state index contributed by atoms with van der Waals surface area (Å²) in [6, 6.07) is 0.0107. The van der Waals surface area contributed by atoms with Crippen LogP contribution in [0.25, 0.3) is 0 Å². The van der Waals surface area contributed by atoms with Crippen LogP contribution in [0.1, 0.15) is 19.8 Å². The predicted molar refractivity (Wildman–Crippen MR) is 68.9 cm³/mol. The van der Waals surface area contributed by atoms with Crippen molar-refractivity contribution in [3.8, 4) is 0 Å². The molecule has 0 unspecified atom stereocenters. The van der Waals surface area contributed by atoms with Crippen molar-refractivity contribution < 1.29 is 8.42 Å². The van der Waals surface area contributed by atoms with Gasteiger partial charge in [0, 0.05) is 13.1 Å². The first-order chi connectivity index (χ1) is 8.95. The molecule has 0 spiro atoms. The molecule has 1 fully saturated rings. The maximum Gasteiger partial charge on any atom is 0.303 e. The van der Waals surface area contributed by atoms with E-state index in [2.05, 4.69) is 27.2 Å². The van der Waals surface area contributed by atoms with Crippen LogP contribution in [-0.4, -0.2) is 70.6 Å². The minimum Gasteiger partial charge on any atom is -0.303 e. The van der Waals surface area contributed by atoms with E-state index in [4.69, 9.17) is 0 Å². The van der Waals surface area contributed by atoms with Crippen LogP contribution in [0.15, 0.2) is 5.16 Å². The summed E-state index contributed by atoms with van der Waals surface area (Å²) in [5, 5.41) is 10.7. The summed E-state index contributed by atoms with van der Waals surface area (Å²) >= 11 is 0. The molecule has 0 aliphatic carbocycles. The average molecular weight is 288 g/mol. The number of rotatable bonds is 4. The molecule has 0 saturated carbocycles. The zero-order valence-electron chi connectivity index (χ0n) is 11.5. The van der Waals surface area contributed by atoms with Crippen molar-refractivity contribution in [3.63, 3.8) is 0 Å². The van der Waals surface area contributed by atoms with Crippen molar-refractivity contribution in [2.45, 2.75) is 31.0 Å². The fourth-order valence-corrected chi connectivity index (χ4v) is 3.52. The van der Waals surface area contributed by atoms with Crippen LogP contribution in [0.5, 0.6) is 0 Å². The summed E-state index contributed by atoms with van der Waals surface area (Å²) < 4.78 is 26.0. The summed E-state index contributed by atoms with van der Waals surface area (Å²) in [5.74, 6) is 0. The van der Waals surface area contributed by atoms with Gasteiger partial charge in [0.25, 0.3) is 10.0 Å². The van der Waals surface area contributed by atoms with Crippen molar-refractivity contribution >= 4 is 10.0 Å². The van der Waals surface area contributed by atoms with Gasteiger partial charge in [0.2, 0.25) is 0 Å². The number of aromatic nitrogens is 4. The smallest absolute Gasteiger partial charge is 0.303 e. The minimum absolute atomic E-state index is 0.0107. The highest BCUT2D eigenvalue weighted by molar-refractivity contribution is 7.88. The second-order valence-electron chi connectivity index (χ2n) is 4.75. The van der Waals surface area contributed by atoms with Gasteiger partial charge in [0.15, 0.2) is 0 Å². The molecule has 0 bridgehead atoms. The number of tetrazole rings is 1.